The van der Waals surface area contributed by atoms with Gasteiger partial charge in [-0.05, 0) is 55.0 Å². The molecular weight excluding hydrogens is 500 g/mol. The van der Waals surface area contributed by atoms with E-state index in [2.05, 4.69) is 41.1 Å². The summed E-state index contributed by atoms with van der Waals surface area (Å²) in [5.74, 6) is 0.844. The van der Waals surface area contributed by atoms with Gasteiger partial charge in [0.2, 0.25) is 17.6 Å². The summed E-state index contributed by atoms with van der Waals surface area (Å²) in [5.41, 5.74) is 5.05. The summed E-state index contributed by atoms with van der Waals surface area (Å²) in [5, 5.41) is 7.20. The molecule has 206 valence electrons. The van der Waals surface area contributed by atoms with Crippen molar-refractivity contribution in [2.24, 2.45) is 5.92 Å². The Labute approximate surface area is 235 Å². The molecule has 1 atom stereocenters. The van der Waals surface area contributed by atoms with E-state index in [4.69, 9.17) is 4.52 Å². The number of amides is 1. The number of rotatable bonds is 7. The van der Waals surface area contributed by atoms with E-state index in [0.29, 0.717) is 41.6 Å². The zero-order valence-corrected chi connectivity index (χ0v) is 23.6. The van der Waals surface area contributed by atoms with Crippen LogP contribution < -0.4 is 5.32 Å². The minimum absolute atomic E-state index is 0.0239. The van der Waals surface area contributed by atoms with Gasteiger partial charge < -0.3 is 9.84 Å². The Balaban J connectivity index is 1.20. The molecule has 1 saturated heterocycles. The number of aromatic nitrogens is 2. The predicted molar refractivity (Wildman–Crippen MR) is 156 cm³/mol. The molecular formula is C33H36N4O3. The summed E-state index contributed by atoms with van der Waals surface area (Å²) in [4.78, 5) is 33.1. The minimum Gasteiger partial charge on any atom is -0.338 e. The molecule has 7 heteroatoms. The van der Waals surface area contributed by atoms with Crippen LogP contribution in [-0.2, 0) is 16.8 Å². The molecule has 0 aliphatic carbocycles. The van der Waals surface area contributed by atoms with Gasteiger partial charge in [0.1, 0.15) is 0 Å². The molecule has 3 aromatic carbocycles. The summed E-state index contributed by atoms with van der Waals surface area (Å²) in [7, 11) is 0. The molecule has 40 heavy (non-hydrogen) atoms. The highest BCUT2D eigenvalue weighted by molar-refractivity contribution is 6.09. The standard InChI is InChI=1S/C33H36N4O3/c1-22-9-5-6-13-28(22)31-35-29(40-36-31)21-37-18-8-11-25(20-37)32(39)34-27-12-7-10-24(19-27)30(38)23-14-16-26(17-15-23)33(2,3)4/h5-7,9-10,12-17,19,25H,8,11,18,20-21H2,1-4H3,(H,34,39). The van der Waals surface area contributed by atoms with Gasteiger partial charge in [0.25, 0.3) is 0 Å². The lowest BCUT2D eigenvalue weighted by Gasteiger charge is -2.30. The van der Waals surface area contributed by atoms with E-state index in [1.54, 1.807) is 18.2 Å². The number of piperidine rings is 1. The van der Waals surface area contributed by atoms with Gasteiger partial charge in [-0.15, -0.1) is 0 Å². The van der Waals surface area contributed by atoms with Crippen molar-refractivity contribution in [3.05, 3.63) is 101 Å². The van der Waals surface area contributed by atoms with Crippen LogP contribution in [0, 0.1) is 12.8 Å². The van der Waals surface area contributed by atoms with E-state index in [-0.39, 0.29) is 23.0 Å². The number of carbonyl (C=O) groups excluding carboxylic acids is 2. The molecule has 5 rings (SSSR count). The molecule has 1 unspecified atom stereocenters. The van der Waals surface area contributed by atoms with Crippen LogP contribution in [0.15, 0.2) is 77.3 Å². The fraction of sp³-hybridized carbons (Fsp3) is 0.333. The molecule has 1 fully saturated rings. The number of carbonyl (C=O) groups is 2. The third-order valence-electron chi connectivity index (χ3n) is 7.49. The number of ketones is 1. The summed E-state index contributed by atoms with van der Waals surface area (Å²) in [6.45, 7) is 10.4. The van der Waals surface area contributed by atoms with Gasteiger partial charge in [-0.1, -0.05) is 86.6 Å². The highest BCUT2D eigenvalue weighted by Gasteiger charge is 2.27. The lowest BCUT2D eigenvalue weighted by Crippen LogP contribution is -2.40. The number of nitrogens with one attached hydrogen (secondary N) is 1. The number of likely N-dealkylation sites (tertiary alicyclic amines) is 1. The largest absolute Gasteiger partial charge is 0.338 e. The summed E-state index contributed by atoms with van der Waals surface area (Å²) < 4.78 is 5.53. The monoisotopic (exact) mass is 536 g/mol. The smallest absolute Gasteiger partial charge is 0.241 e. The normalized spacial score (nSPS) is 16.1. The lowest BCUT2D eigenvalue weighted by molar-refractivity contribution is -0.121. The Bertz CT molecular complexity index is 1500. The third-order valence-corrected chi connectivity index (χ3v) is 7.49. The van der Waals surface area contributed by atoms with Crippen LogP contribution in [0.3, 0.4) is 0 Å². The fourth-order valence-corrected chi connectivity index (χ4v) is 5.13. The molecule has 0 bridgehead atoms. The van der Waals surface area contributed by atoms with Gasteiger partial charge in [0.15, 0.2) is 5.78 Å². The highest BCUT2D eigenvalue weighted by atomic mass is 16.5. The van der Waals surface area contributed by atoms with Crippen molar-refractivity contribution >= 4 is 17.4 Å². The van der Waals surface area contributed by atoms with E-state index in [1.165, 1.54) is 5.56 Å². The molecule has 0 radical (unpaired) electrons. The molecule has 1 aliphatic rings. The maximum Gasteiger partial charge on any atom is 0.241 e. The summed E-state index contributed by atoms with van der Waals surface area (Å²) in [6.07, 6.45) is 1.71. The SMILES string of the molecule is Cc1ccccc1-c1noc(CN2CCCC(C(=O)Nc3cccc(C(=O)c4ccc(C(C)(C)C)cc4)c3)C2)n1. The van der Waals surface area contributed by atoms with Gasteiger partial charge in [-0.25, -0.2) is 0 Å². The van der Waals surface area contributed by atoms with Gasteiger partial charge in [0.05, 0.1) is 12.5 Å². The first-order valence-electron chi connectivity index (χ1n) is 13.8. The first-order valence-corrected chi connectivity index (χ1v) is 13.8. The van der Waals surface area contributed by atoms with Gasteiger partial charge in [-0.2, -0.15) is 4.98 Å². The van der Waals surface area contributed by atoms with Gasteiger partial charge in [-0.3, -0.25) is 14.5 Å². The average molecular weight is 537 g/mol. The topological polar surface area (TPSA) is 88.3 Å². The Morgan fingerprint density at radius 1 is 1.00 bits per heavy atom. The van der Waals surface area contributed by atoms with Crippen molar-refractivity contribution in [2.75, 3.05) is 18.4 Å². The van der Waals surface area contributed by atoms with E-state index < -0.39 is 0 Å². The second kappa shape index (κ2) is 11.6. The van der Waals surface area contributed by atoms with Crippen LogP contribution in [0.25, 0.3) is 11.4 Å². The molecule has 1 amide bonds. The average Bonchev–Trinajstić information content (AvgIpc) is 3.41. The molecule has 1 N–H and O–H groups in total. The molecule has 2 heterocycles. The van der Waals surface area contributed by atoms with Crippen molar-refractivity contribution < 1.29 is 14.1 Å². The minimum atomic E-state index is -0.170. The quantitative estimate of drug-likeness (QED) is 0.274. The number of anilines is 1. The Morgan fingerprint density at radius 2 is 1.77 bits per heavy atom. The fourth-order valence-electron chi connectivity index (χ4n) is 5.13. The lowest BCUT2D eigenvalue weighted by atomic mass is 9.86. The summed E-state index contributed by atoms with van der Waals surface area (Å²) >= 11 is 0. The zero-order valence-electron chi connectivity index (χ0n) is 23.6. The maximum absolute atomic E-state index is 13.2. The van der Waals surface area contributed by atoms with Crippen LogP contribution in [0.5, 0.6) is 0 Å². The van der Waals surface area contributed by atoms with Crippen LogP contribution in [0.4, 0.5) is 5.69 Å². The van der Waals surface area contributed by atoms with Crippen molar-refractivity contribution in [1.82, 2.24) is 15.0 Å². The van der Waals surface area contributed by atoms with Gasteiger partial charge in [0, 0.05) is 28.9 Å². The van der Waals surface area contributed by atoms with Crippen LogP contribution in [0.2, 0.25) is 0 Å². The number of hydrogen-bond acceptors (Lipinski definition) is 6. The van der Waals surface area contributed by atoms with Crippen LogP contribution >= 0.6 is 0 Å². The van der Waals surface area contributed by atoms with E-state index >= 15 is 0 Å². The number of aryl methyl sites for hydroxylation is 1. The maximum atomic E-state index is 13.2. The van der Waals surface area contributed by atoms with Crippen LogP contribution in [0.1, 0.15) is 66.6 Å². The van der Waals surface area contributed by atoms with Gasteiger partial charge >= 0.3 is 0 Å². The van der Waals surface area contributed by atoms with Crippen molar-refractivity contribution in [3.8, 4) is 11.4 Å². The van der Waals surface area contributed by atoms with Crippen molar-refractivity contribution in [1.29, 1.82) is 0 Å². The van der Waals surface area contributed by atoms with Crippen molar-refractivity contribution in [3.63, 3.8) is 0 Å². The first-order chi connectivity index (χ1) is 19.2. The first kappa shape index (κ1) is 27.5. The number of nitrogens with zero attached hydrogens (tertiary/aromatic N) is 3. The van der Waals surface area contributed by atoms with E-state index in [0.717, 1.165) is 30.5 Å². The predicted octanol–water partition coefficient (Wildman–Crippen LogP) is 6.42. The molecule has 1 aromatic heterocycles. The Hall–Kier alpha value is -4.10. The molecule has 0 saturated carbocycles. The molecule has 7 nitrogen and oxygen atoms in total. The van der Waals surface area contributed by atoms with Crippen LogP contribution in [-0.4, -0.2) is 39.8 Å². The molecule has 0 spiro atoms. The second-order valence-corrected chi connectivity index (χ2v) is 11.6. The van der Waals surface area contributed by atoms with E-state index in [1.807, 2.05) is 61.5 Å². The molecule has 1 aliphatic heterocycles. The number of hydrogen-bond donors (Lipinski definition) is 1. The Kier molecular flexibility index (Phi) is 7.94. The number of benzene rings is 3. The van der Waals surface area contributed by atoms with E-state index in [9.17, 15) is 9.59 Å². The zero-order chi connectivity index (χ0) is 28.3. The highest BCUT2D eigenvalue weighted by Crippen LogP contribution is 2.25. The Morgan fingerprint density at radius 3 is 2.52 bits per heavy atom. The second-order valence-electron chi connectivity index (χ2n) is 11.6. The third kappa shape index (κ3) is 6.37. The van der Waals surface area contributed by atoms with Crippen molar-refractivity contribution in [2.45, 2.75) is 52.5 Å². The molecule has 4 aromatic rings. The summed E-state index contributed by atoms with van der Waals surface area (Å²) in [6, 6.07) is 22.9.